The minimum atomic E-state index is -0.643. The van der Waals surface area contributed by atoms with E-state index in [2.05, 4.69) is 125 Å². The first-order valence-corrected chi connectivity index (χ1v) is 12.7. The molecule has 0 aromatic heterocycles. The molecule has 3 heteroatoms. The van der Waals surface area contributed by atoms with Gasteiger partial charge in [-0.15, -0.1) is 0 Å². The monoisotopic (exact) mass is 460 g/mol. The van der Waals surface area contributed by atoms with Crippen molar-refractivity contribution >= 4 is 5.69 Å². The number of ether oxygens (including phenoxy) is 1. The Kier molecular flexibility index (Phi) is 6.12. The standard InChI is InChI=1S/C32H32N2O/c1-4-12-25(13-5-1)24-34-22-20-26(21-23-34)31-33-30-19-11-10-18-29(30)32(35-31,27-14-6-2-7-15-27)28-16-8-3-9-17-28/h1-19,26,31,33H,20-24H2. The highest BCUT2D eigenvalue weighted by molar-refractivity contribution is 5.63. The summed E-state index contributed by atoms with van der Waals surface area (Å²) in [6.45, 7) is 3.20. The van der Waals surface area contributed by atoms with Gasteiger partial charge in [-0.05, 0) is 48.7 Å². The molecule has 1 saturated heterocycles. The number of benzene rings is 4. The molecule has 0 bridgehead atoms. The summed E-state index contributed by atoms with van der Waals surface area (Å²) >= 11 is 0. The summed E-state index contributed by atoms with van der Waals surface area (Å²) in [7, 11) is 0. The second kappa shape index (κ2) is 9.69. The quantitative estimate of drug-likeness (QED) is 0.360. The Hall–Kier alpha value is -3.40. The first kappa shape index (κ1) is 22.1. The fourth-order valence-corrected chi connectivity index (χ4v) is 5.78. The minimum Gasteiger partial charge on any atom is -0.360 e. The SMILES string of the molecule is c1ccc(CN2CCC(C3Nc4ccccc4C(c4ccccc4)(c4ccccc4)O3)CC2)cc1. The summed E-state index contributed by atoms with van der Waals surface area (Å²) in [5.74, 6) is 0.446. The van der Waals surface area contributed by atoms with Crippen LogP contribution >= 0.6 is 0 Å². The summed E-state index contributed by atoms with van der Waals surface area (Å²) in [6.07, 6.45) is 2.18. The first-order valence-electron chi connectivity index (χ1n) is 12.7. The van der Waals surface area contributed by atoms with Gasteiger partial charge in [0.1, 0.15) is 11.8 Å². The van der Waals surface area contributed by atoms with Crippen molar-refractivity contribution in [3.8, 4) is 0 Å². The lowest BCUT2D eigenvalue weighted by Crippen LogP contribution is -2.49. The van der Waals surface area contributed by atoms with Crippen LogP contribution in [0.1, 0.15) is 35.1 Å². The van der Waals surface area contributed by atoms with Gasteiger partial charge in [0.2, 0.25) is 0 Å². The largest absolute Gasteiger partial charge is 0.360 e. The third kappa shape index (κ3) is 4.27. The number of likely N-dealkylation sites (tertiary alicyclic amines) is 1. The molecule has 0 saturated carbocycles. The highest BCUT2D eigenvalue weighted by Gasteiger charge is 2.46. The van der Waals surface area contributed by atoms with Gasteiger partial charge in [0.05, 0.1) is 0 Å². The maximum absolute atomic E-state index is 7.24. The Morgan fingerprint density at radius 1 is 0.686 bits per heavy atom. The lowest BCUT2D eigenvalue weighted by Gasteiger charge is -2.47. The molecule has 1 fully saturated rings. The van der Waals surface area contributed by atoms with Gasteiger partial charge in [-0.25, -0.2) is 0 Å². The van der Waals surface area contributed by atoms with Crippen molar-refractivity contribution in [2.45, 2.75) is 31.2 Å². The topological polar surface area (TPSA) is 24.5 Å². The van der Waals surface area contributed by atoms with Gasteiger partial charge in [-0.2, -0.15) is 0 Å². The van der Waals surface area contributed by atoms with Crippen molar-refractivity contribution in [2.24, 2.45) is 5.92 Å². The Morgan fingerprint density at radius 3 is 1.86 bits per heavy atom. The molecule has 0 radical (unpaired) electrons. The molecule has 1 atom stereocenters. The van der Waals surface area contributed by atoms with E-state index in [1.54, 1.807) is 0 Å². The van der Waals surface area contributed by atoms with E-state index < -0.39 is 5.60 Å². The number of nitrogens with zero attached hydrogens (tertiary/aromatic N) is 1. The summed E-state index contributed by atoms with van der Waals surface area (Å²) in [6, 6.07) is 40.9. The van der Waals surface area contributed by atoms with Crippen LogP contribution in [0.2, 0.25) is 0 Å². The third-order valence-electron chi connectivity index (χ3n) is 7.58. The van der Waals surface area contributed by atoms with Crippen LogP contribution in [0.25, 0.3) is 0 Å². The molecule has 4 aromatic rings. The molecule has 2 aliphatic rings. The first-order chi connectivity index (χ1) is 17.3. The number of fused-ring (bicyclic) bond motifs is 1. The van der Waals surface area contributed by atoms with Crippen LogP contribution in [0.4, 0.5) is 5.69 Å². The molecule has 4 aromatic carbocycles. The van der Waals surface area contributed by atoms with E-state index in [1.807, 2.05) is 0 Å². The number of hydrogen-bond acceptors (Lipinski definition) is 3. The van der Waals surface area contributed by atoms with Gasteiger partial charge in [-0.1, -0.05) is 109 Å². The molecule has 176 valence electrons. The third-order valence-corrected chi connectivity index (χ3v) is 7.58. The van der Waals surface area contributed by atoms with E-state index in [0.717, 1.165) is 32.5 Å². The van der Waals surface area contributed by atoms with Crippen molar-refractivity contribution < 1.29 is 4.74 Å². The molecule has 1 N–H and O–H groups in total. The van der Waals surface area contributed by atoms with Crippen molar-refractivity contribution in [3.05, 3.63) is 138 Å². The molecular formula is C32H32N2O. The Labute approximate surface area is 208 Å². The molecular weight excluding hydrogens is 428 g/mol. The van der Waals surface area contributed by atoms with Gasteiger partial charge >= 0.3 is 0 Å². The highest BCUT2D eigenvalue weighted by atomic mass is 16.5. The summed E-state index contributed by atoms with van der Waals surface area (Å²) in [4.78, 5) is 2.57. The van der Waals surface area contributed by atoms with Crippen LogP contribution in [0, 0.1) is 5.92 Å². The van der Waals surface area contributed by atoms with Crippen LogP contribution in [0.15, 0.2) is 115 Å². The zero-order chi connectivity index (χ0) is 23.5. The van der Waals surface area contributed by atoms with Crippen LogP contribution in [-0.4, -0.2) is 24.2 Å². The van der Waals surface area contributed by atoms with E-state index in [9.17, 15) is 0 Å². The number of nitrogens with one attached hydrogen (secondary N) is 1. The fourth-order valence-electron chi connectivity index (χ4n) is 5.78. The van der Waals surface area contributed by atoms with Crippen molar-refractivity contribution in [2.75, 3.05) is 18.4 Å². The Morgan fingerprint density at radius 2 is 1.23 bits per heavy atom. The molecule has 1 unspecified atom stereocenters. The summed E-state index contributed by atoms with van der Waals surface area (Å²) in [5, 5.41) is 3.78. The number of anilines is 1. The zero-order valence-corrected chi connectivity index (χ0v) is 20.0. The van der Waals surface area contributed by atoms with Gasteiger partial charge in [0.25, 0.3) is 0 Å². The van der Waals surface area contributed by atoms with Crippen LogP contribution in [0.3, 0.4) is 0 Å². The van der Waals surface area contributed by atoms with Crippen molar-refractivity contribution in [1.82, 2.24) is 4.90 Å². The zero-order valence-electron chi connectivity index (χ0n) is 20.0. The molecule has 0 spiro atoms. The second-order valence-electron chi connectivity index (χ2n) is 9.74. The van der Waals surface area contributed by atoms with E-state index in [-0.39, 0.29) is 6.23 Å². The van der Waals surface area contributed by atoms with Crippen LogP contribution in [-0.2, 0) is 16.9 Å². The average molecular weight is 461 g/mol. The Bertz CT molecular complexity index is 1190. The van der Waals surface area contributed by atoms with Gasteiger partial charge in [-0.3, -0.25) is 4.90 Å². The van der Waals surface area contributed by atoms with Crippen molar-refractivity contribution in [1.29, 1.82) is 0 Å². The Balaban J connectivity index is 1.32. The van der Waals surface area contributed by atoms with Gasteiger partial charge in [0, 0.05) is 23.7 Å². The molecule has 6 rings (SSSR count). The predicted molar refractivity (Wildman–Crippen MR) is 142 cm³/mol. The maximum Gasteiger partial charge on any atom is 0.148 e. The summed E-state index contributed by atoms with van der Waals surface area (Å²) in [5.41, 5.74) is 5.44. The second-order valence-corrected chi connectivity index (χ2v) is 9.74. The average Bonchev–Trinajstić information content (AvgIpc) is 2.94. The van der Waals surface area contributed by atoms with E-state index >= 15 is 0 Å². The number of para-hydroxylation sites is 1. The fraction of sp³-hybridized carbons (Fsp3) is 0.250. The van der Waals surface area contributed by atoms with Gasteiger partial charge < -0.3 is 10.1 Å². The number of hydrogen-bond donors (Lipinski definition) is 1. The van der Waals surface area contributed by atoms with Crippen LogP contribution < -0.4 is 5.32 Å². The van der Waals surface area contributed by atoms with E-state index in [0.29, 0.717) is 5.92 Å². The number of piperidine rings is 1. The highest BCUT2D eigenvalue weighted by Crippen LogP contribution is 2.48. The lowest BCUT2D eigenvalue weighted by molar-refractivity contribution is -0.0781. The molecule has 0 aliphatic carbocycles. The summed E-state index contributed by atoms with van der Waals surface area (Å²) < 4.78 is 7.24. The smallest absolute Gasteiger partial charge is 0.148 e. The molecule has 3 nitrogen and oxygen atoms in total. The predicted octanol–water partition coefficient (Wildman–Crippen LogP) is 6.66. The molecule has 2 aliphatic heterocycles. The van der Waals surface area contributed by atoms with E-state index in [4.69, 9.17) is 4.74 Å². The van der Waals surface area contributed by atoms with Gasteiger partial charge in [0.15, 0.2) is 0 Å². The maximum atomic E-state index is 7.24. The lowest BCUT2D eigenvalue weighted by atomic mass is 9.77. The van der Waals surface area contributed by atoms with E-state index in [1.165, 1.54) is 27.9 Å². The minimum absolute atomic E-state index is 0.0517. The molecule has 35 heavy (non-hydrogen) atoms. The van der Waals surface area contributed by atoms with Crippen molar-refractivity contribution in [3.63, 3.8) is 0 Å². The number of rotatable bonds is 5. The molecule has 0 amide bonds. The van der Waals surface area contributed by atoms with Crippen LogP contribution in [0.5, 0.6) is 0 Å². The normalized spacial score (nSPS) is 20.1. The molecule has 2 heterocycles.